The molecule has 1 heterocycles. The number of aryl methyl sites for hydroxylation is 2. The van der Waals surface area contributed by atoms with Crippen LogP contribution in [0.3, 0.4) is 0 Å². The van der Waals surface area contributed by atoms with Gasteiger partial charge in [-0.3, -0.25) is 14.6 Å². The number of para-hydroxylation sites is 1. The topological polar surface area (TPSA) is 71.1 Å². The molecule has 3 aromatic rings. The fourth-order valence-electron chi connectivity index (χ4n) is 2.59. The molecule has 0 radical (unpaired) electrons. The third-order valence-electron chi connectivity index (χ3n) is 3.85. The number of hydrogen-bond donors (Lipinski definition) is 2. The number of benzene rings is 2. The monoisotopic (exact) mass is 345 g/mol. The maximum Gasteiger partial charge on any atom is 0.257 e. The Hall–Kier alpha value is -3.47. The number of pyridine rings is 1. The molecule has 5 nitrogen and oxygen atoms in total. The van der Waals surface area contributed by atoms with Crippen molar-refractivity contribution in [3.8, 4) is 0 Å². The van der Waals surface area contributed by atoms with Gasteiger partial charge in [-0.25, -0.2) is 0 Å². The minimum absolute atomic E-state index is 0.256. The highest BCUT2D eigenvalue weighted by Crippen LogP contribution is 2.19. The van der Waals surface area contributed by atoms with E-state index in [2.05, 4.69) is 15.6 Å². The molecule has 0 unspecified atom stereocenters. The van der Waals surface area contributed by atoms with E-state index in [0.29, 0.717) is 22.5 Å². The summed E-state index contributed by atoms with van der Waals surface area (Å²) in [6, 6.07) is 17.7. The smallest absolute Gasteiger partial charge is 0.257 e. The van der Waals surface area contributed by atoms with Crippen LogP contribution in [-0.4, -0.2) is 16.8 Å². The molecule has 0 bridgehead atoms. The molecular weight excluding hydrogens is 326 g/mol. The van der Waals surface area contributed by atoms with E-state index in [-0.39, 0.29) is 11.8 Å². The van der Waals surface area contributed by atoms with Crippen molar-refractivity contribution in [1.82, 2.24) is 4.98 Å². The zero-order chi connectivity index (χ0) is 18.5. The third-order valence-corrected chi connectivity index (χ3v) is 3.85. The molecule has 0 saturated carbocycles. The van der Waals surface area contributed by atoms with Crippen LogP contribution in [0.2, 0.25) is 0 Å². The Labute approximate surface area is 152 Å². The Morgan fingerprint density at radius 1 is 0.846 bits per heavy atom. The number of hydrogen-bond acceptors (Lipinski definition) is 3. The minimum atomic E-state index is -0.296. The summed E-state index contributed by atoms with van der Waals surface area (Å²) >= 11 is 0. The Bertz CT molecular complexity index is 967. The second kappa shape index (κ2) is 7.61. The molecule has 0 saturated heterocycles. The first-order valence-electron chi connectivity index (χ1n) is 8.24. The lowest BCUT2D eigenvalue weighted by atomic mass is 10.1. The van der Waals surface area contributed by atoms with Crippen LogP contribution in [0.1, 0.15) is 32.0 Å². The van der Waals surface area contributed by atoms with Gasteiger partial charge in [-0.05, 0) is 50.2 Å². The molecule has 0 spiro atoms. The summed E-state index contributed by atoms with van der Waals surface area (Å²) in [6.45, 7) is 3.78. The van der Waals surface area contributed by atoms with Crippen LogP contribution < -0.4 is 10.6 Å². The average Bonchev–Trinajstić information content (AvgIpc) is 2.62. The van der Waals surface area contributed by atoms with Gasteiger partial charge in [0.25, 0.3) is 11.8 Å². The van der Waals surface area contributed by atoms with E-state index < -0.39 is 0 Å². The number of carbonyl (C=O) groups is 2. The van der Waals surface area contributed by atoms with Gasteiger partial charge < -0.3 is 10.6 Å². The van der Waals surface area contributed by atoms with Crippen LogP contribution >= 0.6 is 0 Å². The SMILES string of the molecule is Cc1cccc(C(=O)Nc2ccccc2C(=O)Nc2ccnc(C)c2)c1. The molecule has 3 rings (SSSR count). The molecule has 130 valence electrons. The highest BCUT2D eigenvalue weighted by Gasteiger charge is 2.14. The number of nitrogens with one attached hydrogen (secondary N) is 2. The zero-order valence-electron chi connectivity index (χ0n) is 14.6. The van der Waals surface area contributed by atoms with E-state index in [9.17, 15) is 9.59 Å². The number of anilines is 2. The summed E-state index contributed by atoms with van der Waals surface area (Å²) in [4.78, 5) is 29.2. The molecule has 0 aliphatic carbocycles. The fourth-order valence-corrected chi connectivity index (χ4v) is 2.59. The number of carbonyl (C=O) groups excluding carboxylic acids is 2. The zero-order valence-corrected chi connectivity index (χ0v) is 14.6. The van der Waals surface area contributed by atoms with Crippen molar-refractivity contribution < 1.29 is 9.59 Å². The highest BCUT2D eigenvalue weighted by molar-refractivity contribution is 6.12. The molecule has 1 aromatic heterocycles. The number of rotatable bonds is 4. The number of nitrogens with zero attached hydrogens (tertiary/aromatic N) is 1. The standard InChI is InChI=1S/C21H19N3O2/c1-14-6-5-7-16(12-14)20(25)24-19-9-4-3-8-18(19)21(26)23-17-10-11-22-15(2)13-17/h3-13H,1-2H3,(H,24,25)(H,22,23,26). The van der Waals surface area contributed by atoms with Gasteiger partial charge in [0.1, 0.15) is 0 Å². The van der Waals surface area contributed by atoms with Gasteiger partial charge in [0.15, 0.2) is 0 Å². The molecule has 2 amide bonds. The molecule has 0 atom stereocenters. The van der Waals surface area contributed by atoms with Crippen LogP contribution in [0.15, 0.2) is 66.9 Å². The molecule has 2 N–H and O–H groups in total. The van der Waals surface area contributed by atoms with Crippen molar-refractivity contribution in [2.45, 2.75) is 13.8 Å². The predicted molar refractivity (Wildman–Crippen MR) is 103 cm³/mol. The van der Waals surface area contributed by atoms with Crippen molar-refractivity contribution in [1.29, 1.82) is 0 Å². The van der Waals surface area contributed by atoms with Gasteiger partial charge in [0.05, 0.1) is 11.3 Å². The molecular formula is C21H19N3O2. The molecule has 26 heavy (non-hydrogen) atoms. The average molecular weight is 345 g/mol. The summed E-state index contributed by atoms with van der Waals surface area (Å²) in [7, 11) is 0. The molecule has 5 heteroatoms. The largest absolute Gasteiger partial charge is 0.322 e. The fraction of sp³-hybridized carbons (Fsp3) is 0.0952. The van der Waals surface area contributed by atoms with E-state index in [1.54, 1.807) is 54.7 Å². The minimum Gasteiger partial charge on any atom is -0.322 e. The summed E-state index contributed by atoms with van der Waals surface area (Å²) in [5.74, 6) is -0.551. The lowest BCUT2D eigenvalue weighted by Crippen LogP contribution is -2.18. The van der Waals surface area contributed by atoms with Crippen LogP contribution in [0.25, 0.3) is 0 Å². The molecule has 0 aliphatic rings. The second-order valence-electron chi connectivity index (χ2n) is 6.01. The van der Waals surface area contributed by atoms with E-state index in [1.165, 1.54) is 0 Å². The van der Waals surface area contributed by atoms with E-state index in [1.807, 2.05) is 26.0 Å². The van der Waals surface area contributed by atoms with Crippen molar-refractivity contribution >= 4 is 23.2 Å². The van der Waals surface area contributed by atoms with E-state index in [0.717, 1.165) is 11.3 Å². The Kier molecular flexibility index (Phi) is 5.08. The first-order valence-corrected chi connectivity index (χ1v) is 8.24. The van der Waals surface area contributed by atoms with Gasteiger partial charge in [-0.15, -0.1) is 0 Å². The van der Waals surface area contributed by atoms with Crippen molar-refractivity contribution in [2.24, 2.45) is 0 Å². The first kappa shape index (κ1) is 17.4. The summed E-state index contributed by atoms with van der Waals surface area (Å²) in [6.07, 6.45) is 1.64. The lowest BCUT2D eigenvalue weighted by molar-refractivity contribution is 0.102. The number of aromatic nitrogens is 1. The maximum absolute atomic E-state index is 12.6. The van der Waals surface area contributed by atoms with Gasteiger partial charge in [0.2, 0.25) is 0 Å². The van der Waals surface area contributed by atoms with E-state index >= 15 is 0 Å². The summed E-state index contributed by atoms with van der Waals surface area (Å²) < 4.78 is 0. The third kappa shape index (κ3) is 4.13. The first-order chi connectivity index (χ1) is 12.5. The molecule has 0 aliphatic heterocycles. The van der Waals surface area contributed by atoms with Crippen LogP contribution in [0.5, 0.6) is 0 Å². The lowest BCUT2D eigenvalue weighted by Gasteiger charge is -2.12. The van der Waals surface area contributed by atoms with Gasteiger partial charge >= 0.3 is 0 Å². The van der Waals surface area contributed by atoms with Crippen LogP contribution in [0.4, 0.5) is 11.4 Å². The van der Waals surface area contributed by atoms with E-state index in [4.69, 9.17) is 0 Å². The number of amides is 2. The van der Waals surface area contributed by atoms with Crippen molar-refractivity contribution in [3.63, 3.8) is 0 Å². The second-order valence-corrected chi connectivity index (χ2v) is 6.01. The summed E-state index contributed by atoms with van der Waals surface area (Å²) in [5, 5.41) is 5.65. The Morgan fingerprint density at radius 3 is 2.42 bits per heavy atom. The molecule has 0 fully saturated rings. The van der Waals surface area contributed by atoms with Gasteiger partial charge in [-0.2, -0.15) is 0 Å². The normalized spacial score (nSPS) is 10.2. The quantitative estimate of drug-likeness (QED) is 0.744. The van der Waals surface area contributed by atoms with Crippen molar-refractivity contribution in [3.05, 3.63) is 89.2 Å². The van der Waals surface area contributed by atoms with Gasteiger partial charge in [0, 0.05) is 23.1 Å². The maximum atomic E-state index is 12.6. The predicted octanol–water partition coefficient (Wildman–Crippen LogP) is 4.20. The molecule has 2 aromatic carbocycles. The Balaban J connectivity index is 1.81. The van der Waals surface area contributed by atoms with Gasteiger partial charge in [-0.1, -0.05) is 29.8 Å². The highest BCUT2D eigenvalue weighted by atomic mass is 16.2. The van der Waals surface area contributed by atoms with Crippen molar-refractivity contribution in [2.75, 3.05) is 10.6 Å². The Morgan fingerprint density at radius 2 is 1.65 bits per heavy atom. The van der Waals surface area contributed by atoms with Crippen LogP contribution in [-0.2, 0) is 0 Å². The van der Waals surface area contributed by atoms with Crippen LogP contribution in [0, 0.1) is 13.8 Å². The summed E-state index contributed by atoms with van der Waals surface area (Å²) in [5.41, 5.74) is 3.86.